The number of para-hydroxylation sites is 1. The normalized spacial score (nSPS) is 31.4. The lowest BCUT2D eigenvalue weighted by Crippen LogP contribution is -2.54. The fourth-order valence-electron chi connectivity index (χ4n) is 6.27. The molecule has 0 unspecified atom stereocenters. The van der Waals surface area contributed by atoms with Crippen LogP contribution in [0.4, 0.5) is 15.8 Å². The first-order valence-corrected chi connectivity index (χ1v) is 10.8. The molecular formula is C23H19ClFN3O3. The molecule has 4 aliphatic rings. The molecule has 6 nitrogen and oxygen atoms in total. The zero-order valence-corrected chi connectivity index (χ0v) is 17.4. The predicted molar refractivity (Wildman–Crippen MR) is 112 cm³/mol. The lowest BCUT2D eigenvalue weighted by atomic mass is 9.75. The molecule has 6 rings (SSSR count). The second-order valence-corrected chi connectivity index (χ2v) is 9.17. The highest BCUT2D eigenvalue weighted by molar-refractivity contribution is 6.35. The summed E-state index contributed by atoms with van der Waals surface area (Å²) < 4.78 is 14.6. The highest BCUT2D eigenvalue weighted by Gasteiger charge is 2.75. The first-order chi connectivity index (χ1) is 14.9. The first kappa shape index (κ1) is 19.0. The van der Waals surface area contributed by atoms with Gasteiger partial charge in [-0.15, -0.1) is 0 Å². The van der Waals surface area contributed by atoms with Gasteiger partial charge in [0.25, 0.3) is 5.91 Å². The number of nitrogens with one attached hydrogen (secondary N) is 1. The van der Waals surface area contributed by atoms with Crippen molar-refractivity contribution in [1.82, 2.24) is 4.90 Å². The van der Waals surface area contributed by atoms with Gasteiger partial charge in [0.1, 0.15) is 11.4 Å². The van der Waals surface area contributed by atoms with Crippen molar-refractivity contribution >= 4 is 40.7 Å². The van der Waals surface area contributed by atoms with E-state index in [0.717, 1.165) is 16.9 Å². The molecule has 3 saturated heterocycles. The molecular weight excluding hydrogens is 421 g/mol. The van der Waals surface area contributed by atoms with E-state index in [-0.39, 0.29) is 17.6 Å². The van der Waals surface area contributed by atoms with Gasteiger partial charge in [-0.05, 0) is 50.1 Å². The molecule has 4 heterocycles. The third-order valence-electron chi connectivity index (χ3n) is 7.29. The number of benzene rings is 2. The van der Waals surface area contributed by atoms with Crippen molar-refractivity contribution in [3.8, 4) is 0 Å². The Kier molecular flexibility index (Phi) is 3.76. The van der Waals surface area contributed by atoms with Gasteiger partial charge in [0.2, 0.25) is 11.8 Å². The van der Waals surface area contributed by atoms with Gasteiger partial charge in [0.05, 0.1) is 28.2 Å². The van der Waals surface area contributed by atoms with E-state index < -0.39 is 35.0 Å². The largest absolute Gasteiger partial charge is 0.323 e. The topological polar surface area (TPSA) is 69.7 Å². The number of rotatable bonds is 1. The number of imide groups is 1. The molecule has 8 heteroatoms. The Morgan fingerprint density at radius 3 is 2.71 bits per heavy atom. The molecule has 4 aliphatic heterocycles. The summed E-state index contributed by atoms with van der Waals surface area (Å²) in [6.07, 6.45) is 1.52. The number of anilines is 2. The summed E-state index contributed by atoms with van der Waals surface area (Å²) in [4.78, 5) is 43.9. The number of hydrogen-bond acceptors (Lipinski definition) is 4. The molecule has 158 valence electrons. The minimum atomic E-state index is -1.32. The van der Waals surface area contributed by atoms with Gasteiger partial charge in [-0.3, -0.25) is 19.3 Å². The highest BCUT2D eigenvalue weighted by Crippen LogP contribution is 2.61. The zero-order chi connectivity index (χ0) is 21.7. The van der Waals surface area contributed by atoms with Gasteiger partial charge in [-0.1, -0.05) is 29.8 Å². The fourth-order valence-corrected chi connectivity index (χ4v) is 6.59. The monoisotopic (exact) mass is 439 g/mol. The Morgan fingerprint density at radius 2 is 1.94 bits per heavy atom. The summed E-state index contributed by atoms with van der Waals surface area (Å²) in [6.45, 7) is 2.49. The molecule has 4 atom stereocenters. The SMILES string of the molecule is Cc1cc(Cl)c2c(c1)[C@]1(C(=O)N2)[C@@H]2C(=O)N(c3ccccc3F)C(=O)[C@@H]2[C@@H]2CCCN21. The number of nitrogens with zero attached hydrogens (tertiary/aromatic N) is 2. The maximum Gasteiger partial charge on any atom is 0.250 e. The van der Waals surface area contributed by atoms with E-state index in [2.05, 4.69) is 5.32 Å². The molecule has 0 aromatic heterocycles. The fraction of sp³-hybridized carbons (Fsp3) is 0.348. The van der Waals surface area contributed by atoms with Crippen LogP contribution in [0.2, 0.25) is 5.02 Å². The van der Waals surface area contributed by atoms with Crippen LogP contribution in [0, 0.1) is 24.6 Å². The van der Waals surface area contributed by atoms with Crippen molar-refractivity contribution in [2.75, 3.05) is 16.8 Å². The van der Waals surface area contributed by atoms with Crippen LogP contribution >= 0.6 is 11.6 Å². The van der Waals surface area contributed by atoms with Crippen LogP contribution in [0.15, 0.2) is 36.4 Å². The van der Waals surface area contributed by atoms with Crippen LogP contribution in [0.1, 0.15) is 24.0 Å². The number of carbonyl (C=O) groups excluding carboxylic acids is 3. The second kappa shape index (κ2) is 6.14. The summed E-state index contributed by atoms with van der Waals surface area (Å²) >= 11 is 6.45. The summed E-state index contributed by atoms with van der Waals surface area (Å²) in [5.41, 5.74) is 0.615. The Morgan fingerprint density at radius 1 is 1.16 bits per heavy atom. The van der Waals surface area contributed by atoms with E-state index in [1.165, 1.54) is 18.2 Å². The highest BCUT2D eigenvalue weighted by atomic mass is 35.5. The van der Waals surface area contributed by atoms with Gasteiger partial charge in [-0.25, -0.2) is 9.29 Å². The number of fused-ring (bicyclic) bond motifs is 7. The molecule has 0 aliphatic carbocycles. The van der Waals surface area contributed by atoms with E-state index in [4.69, 9.17) is 11.6 Å². The Labute approximate surface area is 183 Å². The van der Waals surface area contributed by atoms with E-state index in [9.17, 15) is 18.8 Å². The third kappa shape index (κ3) is 2.13. The Balaban J connectivity index is 1.60. The second-order valence-electron chi connectivity index (χ2n) is 8.76. The third-order valence-corrected chi connectivity index (χ3v) is 7.59. The smallest absolute Gasteiger partial charge is 0.250 e. The quantitative estimate of drug-likeness (QED) is 0.693. The maximum atomic E-state index is 14.6. The van der Waals surface area contributed by atoms with Crippen molar-refractivity contribution in [2.45, 2.75) is 31.3 Å². The minimum absolute atomic E-state index is 0.0625. The van der Waals surface area contributed by atoms with Crippen molar-refractivity contribution in [3.63, 3.8) is 0 Å². The van der Waals surface area contributed by atoms with Crippen LogP contribution < -0.4 is 10.2 Å². The Bertz CT molecular complexity index is 1200. The van der Waals surface area contributed by atoms with Gasteiger partial charge < -0.3 is 5.32 Å². The summed E-state index contributed by atoms with van der Waals surface area (Å²) in [6, 6.07) is 9.13. The lowest BCUT2D eigenvalue weighted by molar-refractivity contribution is -0.135. The average molecular weight is 440 g/mol. The zero-order valence-electron chi connectivity index (χ0n) is 16.7. The predicted octanol–water partition coefficient (Wildman–Crippen LogP) is 3.22. The molecule has 1 spiro atoms. The molecule has 31 heavy (non-hydrogen) atoms. The van der Waals surface area contributed by atoms with E-state index in [0.29, 0.717) is 29.2 Å². The molecule has 0 radical (unpaired) electrons. The number of halogens is 2. The Hall–Kier alpha value is -2.77. The summed E-state index contributed by atoms with van der Waals surface area (Å²) in [5, 5.41) is 3.29. The molecule has 3 fully saturated rings. The number of aryl methyl sites for hydroxylation is 1. The van der Waals surface area contributed by atoms with Gasteiger partial charge in [0, 0.05) is 11.6 Å². The molecule has 3 amide bonds. The standard InChI is InChI=1S/C23H19ClFN3O3/c1-11-9-12-19(13(24)10-11)26-22(31)23(12)18-17(16-7-4-8-27(16)23)20(29)28(21(18)30)15-6-3-2-5-14(15)25/h2-3,5-6,9-10,16-18H,4,7-8H2,1H3,(H,26,31)/t16-,17+,18-,23+/m0/s1. The van der Waals surface area contributed by atoms with E-state index in [1.807, 2.05) is 17.9 Å². The molecule has 1 N–H and O–H groups in total. The van der Waals surface area contributed by atoms with Crippen LogP contribution in [0.5, 0.6) is 0 Å². The van der Waals surface area contributed by atoms with Crippen molar-refractivity contribution < 1.29 is 18.8 Å². The lowest BCUT2D eigenvalue weighted by Gasteiger charge is -2.36. The van der Waals surface area contributed by atoms with E-state index in [1.54, 1.807) is 12.1 Å². The molecule has 0 saturated carbocycles. The summed E-state index contributed by atoms with van der Waals surface area (Å²) in [7, 11) is 0. The number of hydrogen-bond donors (Lipinski definition) is 1. The van der Waals surface area contributed by atoms with Crippen molar-refractivity contribution in [1.29, 1.82) is 0 Å². The van der Waals surface area contributed by atoms with Gasteiger partial charge in [0.15, 0.2) is 0 Å². The molecule has 2 aromatic rings. The van der Waals surface area contributed by atoms with Gasteiger partial charge in [-0.2, -0.15) is 0 Å². The summed E-state index contributed by atoms with van der Waals surface area (Å²) in [5.74, 6) is -3.58. The first-order valence-electron chi connectivity index (χ1n) is 10.4. The minimum Gasteiger partial charge on any atom is -0.323 e. The average Bonchev–Trinajstić information content (AvgIpc) is 3.42. The van der Waals surface area contributed by atoms with E-state index >= 15 is 0 Å². The number of carbonyl (C=O) groups is 3. The van der Waals surface area contributed by atoms with Crippen LogP contribution in [-0.2, 0) is 19.9 Å². The van der Waals surface area contributed by atoms with Crippen LogP contribution in [0.3, 0.4) is 0 Å². The maximum absolute atomic E-state index is 14.6. The number of amides is 3. The van der Waals surface area contributed by atoms with Crippen molar-refractivity contribution in [2.24, 2.45) is 11.8 Å². The van der Waals surface area contributed by atoms with Gasteiger partial charge >= 0.3 is 0 Å². The van der Waals surface area contributed by atoms with Crippen molar-refractivity contribution in [3.05, 3.63) is 58.4 Å². The van der Waals surface area contributed by atoms with Crippen LogP contribution in [0.25, 0.3) is 0 Å². The molecule has 0 bridgehead atoms. The van der Waals surface area contributed by atoms with Crippen LogP contribution in [-0.4, -0.2) is 35.2 Å². The molecule has 2 aromatic carbocycles.